The minimum absolute atomic E-state index is 0.0358. The predicted molar refractivity (Wildman–Crippen MR) is 114 cm³/mol. The Morgan fingerprint density at radius 1 is 1.24 bits per heavy atom. The molecule has 6 nitrogen and oxygen atoms in total. The molecule has 0 bridgehead atoms. The number of fused-ring (bicyclic) bond motifs is 1. The number of amides is 1. The Hall–Kier alpha value is -2.64. The van der Waals surface area contributed by atoms with Gasteiger partial charge in [-0.25, -0.2) is 4.98 Å². The molecule has 1 unspecified atom stereocenters. The van der Waals surface area contributed by atoms with E-state index >= 15 is 0 Å². The van der Waals surface area contributed by atoms with Gasteiger partial charge in [-0.2, -0.15) is 0 Å². The summed E-state index contributed by atoms with van der Waals surface area (Å²) in [5.41, 5.74) is 2.07. The molecule has 0 spiro atoms. The van der Waals surface area contributed by atoms with Gasteiger partial charge in [-0.05, 0) is 61.7 Å². The first-order valence-corrected chi connectivity index (χ1v) is 10.5. The van der Waals surface area contributed by atoms with E-state index in [0.717, 1.165) is 35.4 Å². The largest absolute Gasteiger partial charge is 0.497 e. The number of anilines is 1. The number of ether oxygens (including phenoxy) is 3. The second kappa shape index (κ2) is 8.80. The molecule has 4 rings (SSSR count). The Morgan fingerprint density at radius 2 is 2.03 bits per heavy atom. The minimum atomic E-state index is -0.132. The van der Waals surface area contributed by atoms with Crippen LogP contribution in [-0.4, -0.2) is 43.9 Å². The summed E-state index contributed by atoms with van der Waals surface area (Å²) in [5.74, 6) is 1.23. The van der Waals surface area contributed by atoms with Gasteiger partial charge in [0.15, 0.2) is 11.7 Å². The molecule has 2 aromatic carbocycles. The lowest BCUT2D eigenvalue weighted by molar-refractivity contribution is -0.120. The van der Waals surface area contributed by atoms with Gasteiger partial charge in [0.2, 0.25) is 0 Å². The van der Waals surface area contributed by atoms with E-state index in [4.69, 9.17) is 19.2 Å². The highest BCUT2D eigenvalue weighted by Gasteiger charge is 2.26. The number of rotatable bonds is 7. The maximum Gasteiger partial charge on any atom is 0.266 e. The Labute approximate surface area is 174 Å². The molecule has 1 fully saturated rings. The lowest BCUT2D eigenvalue weighted by Gasteiger charge is -2.23. The third-order valence-electron chi connectivity index (χ3n) is 4.90. The van der Waals surface area contributed by atoms with Crippen molar-refractivity contribution in [3.05, 3.63) is 48.0 Å². The Balaban J connectivity index is 1.52. The molecule has 1 aliphatic heterocycles. The number of carbonyl (C=O) groups excluding carboxylic acids is 1. The number of aromatic nitrogens is 1. The normalized spacial score (nSPS) is 16.1. The van der Waals surface area contributed by atoms with Crippen molar-refractivity contribution in [3.8, 4) is 11.5 Å². The second-order valence-electron chi connectivity index (χ2n) is 7.07. The Kier molecular flexibility index (Phi) is 5.97. The highest BCUT2D eigenvalue weighted by molar-refractivity contribution is 7.22. The van der Waals surface area contributed by atoms with Crippen LogP contribution in [0.2, 0.25) is 0 Å². The molecule has 1 saturated heterocycles. The molecule has 1 atom stereocenters. The minimum Gasteiger partial charge on any atom is -0.497 e. The molecule has 1 aliphatic rings. The topological polar surface area (TPSA) is 60.9 Å². The summed E-state index contributed by atoms with van der Waals surface area (Å²) in [6, 6.07) is 13.3. The first-order valence-electron chi connectivity index (χ1n) is 9.68. The van der Waals surface area contributed by atoms with Crippen LogP contribution < -0.4 is 14.4 Å². The van der Waals surface area contributed by atoms with Crippen LogP contribution in [0.3, 0.4) is 0 Å². The number of hydrogen-bond donors (Lipinski definition) is 0. The van der Waals surface area contributed by atoms with Crippen molar-refractivity contribution < 1.29 is 19.0 Å². The van der Waals surface area contributed by atoms with Gasteiger partial charge in [0.05, 0.1) is 30.0 Å². The summed E-state index contributed by atoms with van der Waals surface area (Å²) >= 11 is 1.52. The van der Waals surface area contributed by atoms with Crippen LogP contribution in [0, 0.1) is 6.92 Å². The number of nitrogens with zero attached hydrogens (tertiary/aromatic N) is 2. The first kappa shape index (κ1) is 19.7. The van der Waals surface area contributed by atoms with Crippen LogP contribution in [0.15, 0.2) is 42.5 Å². The molecule has 3 aromatic rings. The fourth-order valence-corrected chi connectivity index (χ4v) is 4.40. The van der Waals surface area contributed by atoms with Gasteiger partial charge in [-0.3, -0.25) is 9.69 Å². The summed E-state index contributed by atoms with van der Waals surface area (Å²) in [7, 11) is 1.61. The highest BCUT2D eigenvalue weighted by Crippen LogP contribution is 2.31. The lowest BCUT2D eigenvalue weighted by Crippen LogP contribution is -2.40. The maximum absolute atomic E-state index is 13.1. The lowest BCUT2D eigenvalue weighted by atomic mass is 10.2. The highest BCUT2D eigenvalue weighted by atomic mass is 32.1. The molecule has 1 aromatic heterocycles. The summed E-state index contributed by atoms with van der Waals surface area (Å²) in [6.45, 7) is 3.22. The molecule has 0 N–H and O–H groups in total. The Morgan fingerprint density at radius 3 is 2.76 bits per heavy atom. The zero-order valence-electron chi connectivity index (χ0n) is 16.6. The SMILES string of the molecule is COc1ccc(OCC(=O)N(CC2CCCO2)c2nc3ccc(C)cc3s2)cc1. The number of thiazole rings is 1. The van der Waals surface area contributed by atoms with Crippen LogP contribution >= 0.6 is 11.3 Å². The average Bonchev–Trinajstić information content (AvgIpc) is 3.39. The fraction of sp³-hybridized carbons (Fsp3) is 0.364. The van der Waals surface area contributed by atoms with Crippen LogP contribution in [0.25, 0.3) is 10.2 Å². The van der Waals surface area contributed by atoms with Crippen LogP contribution in [0.4, 0.5) is 5.13 Å². The smallest absolute Gasteiger partial charge is 0.266 e. The van der Waals surface area contributed by atoms with Crippen molar-refractivity contribution in [2.24, 2.45) is 0 Å². The van der Waals surface area contributed by atoms with Gasteiger partial charge in [0.25, 0.3) is 5.91 Å². The van der Waals surface area contributed by atoms with Crippen molar-refractivity contribution in [1.29, 1.82) is 0 Å². The van der Waals surface area contributed by atoms with Crippen LogP contribution in [0.1, 0.15) is 18.4 Å². The van der Waals surface area contributed by atoms with Crippen LogP contribution in [-0.2, 0) is 9.53 Å². The van der Waals surface area contributed by atoms with Crippen molar-refractivity contribution in [2.45, 2.75) is 25.9 Å². The summed E-state index contributed by atoms with van der Waals surface area (Å²) < 4.78 is 17.7. The van der Waals surface area contributed by atoms with Crippen molar-refractivity contribution in [3.63, 3.8) is 0 Å². The number of carbonyl (C=O) groups is 1. The molecule has 2 heterocycles. The average molecular weight is 413 g/mol. The third-order valence-corrected chi connectivity index (χ3v) is 5.94. The monoisotopic (exact) mass is 412 g/mol. The molecule has 7 heteroatoms. The van der Waals surface area contributed by atoms with E-state index in [1.165, 1.54) is 16.9 Å². The standard InChI is InChI=1S/C22H24N2O4S/c1-15-5-10-19-20(12-15)29-22(23-19)24(13-18-4-3-11-27-18)21(25)14-28-17-8-6-16(26-2)7-9-17/h5-10,12,18H,3-4,11,13-14H2,1-2H3. The molecular weight excluding hydrogens is 388 g/mol. The molecule has 1 amide bonds. The Bertz CT molecular complexity index is 980. The van der Waals surface area contributed by atoms with E-state index in [-0.39, 0.29) is 18.6 Å². The molecule has 29 heavy (non-hydrogen) atoms. The zero-order chi connectivity index (χ0) is 20.2. The van der Waals surface area contributed by atoms with Gasteiger partial charge >= 0.3 is 0 Å². The fourth-order valence-electron chi connectivity index (χ4n) is 3.31. The van der Waals surface area contributed by atoms with Gasteiger partial charge in [0, 0.05) is 6.61 Å². The van der Waals surface area contributed by atoms with Crippen LogP contribution in [0.5, 0.6) is 11.5 Å². The zero-order valence-corrected chi connectivity index (χ0v) is 17.4. The van der Waals surface area contributed by atoms with Crippen molar-refractivity contribution in [1.82, 2.24) is 4.98 Å². The van der Waals surface area contributed by atoms with E-state index in [0.29, 0.717) is 17.4 Å². The summed E-state index contributed by atoms with van der Waals surface area (Å²) in [5, 5.41) is 0.685. The summed E-state index contributed by atoms with van der Waals surface area (Å²) in [4.78, 5) is 19.5. The third kappa shape index (κ3) is 4.68. The maximum atomic E-state index is 13.1. The van der Waals surface area contributed by atoms with Gasteiger partial charge in [-0.15, -0.1) is 0 Å². The van der Waals surface area contributed by atoms with Crippen molar-refractivity contribution in [2.75, 3.05) is 31.8 Å². The van der Waals surface area contributed by atoms with E-state index < -0.39 is 0 Å². The summed E-state index contributed by atoms with van der Waals surface area (Å²) in [6.07, 6.45) is 2.01. The van der Waals surface area contributed by atoms with E-state index in [1.807, 2.05) is 12.1 Å². The number of methoxy groups -OCH3 is 1. The van der Waals surface area contributed by atoms with Gasteiger partial charge in [-0.1, -0.05) is 17.4 Å². The number of benzene rings is 2. The van der Waals surface area contributed by atoms with E-state index in [9.17, 15) is 4.79 Å². The molecule has 0 saturated carbocycles. The van der Waals surface area contributed by atoms with Crippen molar-refractivity contribution >= 4 is 32.6 Å². The van der Waals surface area contributed by atoms with E-state index in [1.54, 1.807) is 36.3 Å². The van der Waals surface area contributed by atoms with Gasteiger partial charge in [0.1, 0.15) is 11.5 Å². The molecule has 0 radical (unpaired) electrons. The van der Waals surface area contributed by atoms with E-state index in [2.05, 4.69) is 13.0 Å². The van der Waals surface area contributed by atoms with Gasteiger partial charge < -0.3 is 14.2 Å². The predicted octanol–water partition coefficient (Wildman–Crippen LogP) is 4.20. The number of hydrogen-bond acceptors (Lipinski definition) is 6. The molecule has 0 aliphatic carbocycles. The first-order chi connectivity index (χ1) is 14.1. The second-order valence-corrected chi connectivity index (χ2v) is 8.08. The quantitative estimate of drug-likeness (QED) is 0.582. The number of aryl methyl sites for hydroxylation is 1. The molecular formula is C22H24N2O4S. The molecule has 152 valence electrons.